The first-order valence-electron chi connectivity index (χ1n) is 6.70. The van der Waals surface area contributed by atoms with E-state index in [-0.39, 0.29) is 30.3 Å². The van der Waals surface area contributed by atoms with E-state index in [1.165, 1.54) is 11.3 Å². The summed E-state index contributed by atoms with van der Waals surface area (Å²) in [4.78, 5) is 17.7. The first-order chi connectivity index (χ1) is 8.69. The molecule has 1 heterocycles. The maximum absolute atomic E-state index is 12.3. The van der Waals surface area contributed by atoms with Gasteiger partial charge in [-0.05, 0) is 37.5 Å². The minimum atomic E-state index is -0.00211. The molecule has 2 aliphatic rings. The highest BCUT2D eigenvalue weighted by Gasteiger charge is 2.49. The third-order valence-corrected chi connectivity index (χ3v) is 5.47. The van der Waals surface area contributed by atoms with Crippen molar-refractivity contribution in [2.45, 2.75) is 38.6 Å². The van der Waals surface area contributed by atoms with Gasteiger partial charge in [0.2, 0.25) is 5.91 Å². The zero-order valence-corrected chi connectivity index (χ0v) is 12.6. The maximum atomic E-state index is 12.3. The Labute approximate surface area is 123 Å². The van der Waals surface area contributed by atoms with Crippen molar-refractivity contribution in [2.24, 2.45) is 23.5 Å². The fourth-order valence-corrected chi connectivity index (χ4v) is 4.20. The molecule has 0 spiro atoms. The summed E-state index contributed by atoms with van der Waals surface area (Å²) in [6, 6.07) is 0.0503. The molecule has 0 aromatic carbocycles. The van der Waals surface area contributed by atoms with Crippen molar-refractivity contribution in [1.29, 1.82) is 0 Å². The lowest BCUT2D eigenvalue weighted by Crippen LogP contribution is -2.42. The molecule has 0 saturated heterocycles. The van der Waals surface area contributed by atoms with Gasteiger partial charge in [0.25, 0.3) is 0 Å². The Morgan fingerprint density at radius 1 is 1.53 bits per heavy atom. The van der Waals surface area contributed by atoms with Crippen LogP contribution in [0.1, 0.15) is 31.1 Å². The van der Waals surface area contributed by atoms with Gasteiger partial charge < -0.3 is 11.1 Å². The predicted molar refractivity (Wildman–Crippen MR) is 79.7 cm³/mol. The van der Waals surface area contributed by atoms with E-state index >= 15 is 0 Å². The van der Waals surface area contributed by atoms with Gasteiger partial charge >= 0.3 is 0 Å². The van der Waals surface area contributed by atoms with E-state index in [0.717, 1.165) is 19.3 Å². The first kappa shape index (κ1) is 14.8. The summed E-state index contributed by atoms with van der Waals surface area (Å²) < 4.78 is 0. The van der Waals surface area contributed by atoms with Gasteiger partial charge in [-0.3, -0.25) is 4.79 Å². The summed E-state index contributed by atoms with van der Waals surface area (Å²) in [5.74, 6) is 1.13. The highest BCUT2D eigenvalue weighted by Crippen LogP contribution is 2.47. The second kappa shape index (κ2) is 5.77. The average molecular weight is 302 g/mol. The van der Waals surface area contributed by atoms with Crippen LogP contribution in [0.5, 0.6) is 0 Å². The van der Waals surface area contributed by atoms with Crippen LogP contribution in [0.4, 0.5) is 5.13 Å². The molecular weight excluding hydrogens is 282 g/mol. The van der Waals surface area contributed by atoms with Crippen LogP contribution >= 0.6 is 23.7 Å². The number of rotatable bonds is 3. The average Bonchev–Trinajstić information content (AvgIpc) is 3.03. The van der Waals surface area contributed by atoms with Crippen LogP contribution in [0.2, 0.25) is 0 Å². The van der Waals surface area contributed by atoms with Crippen LogP contribution in [-0.4, -0.2) is 16.9 Å². The number of aromatic nitrogens is 1. The number of hydrogen-bond acceptors (Lipinski definition) is 4. The van der Waals surface area contributed by atoms with Crippen molar-refractivity contribution < 1.29 is 4.79 Å². The molecule has 2 aliphatic carbocycles. The van der Waals surface area contributed by atoms with E-state index in [1.807, 2.05) is 6.20 Å². The second-order valence-electron chi connectivity index (χ2n) is 5.41. The summed E-state index contributed by atoms with van der Waals surface area (Å²) in [7, 11) is 0. The Kier molecular flexibility index (Phi) is 4.48. The Morgan fingerprint density at radius 3 is 2.84 bits per heavy atom. The smallest absolute Gasteiger partial charge is 0.231 e. The van der Waals surface area contributed by atoms with Crippen molar-refractivity contribution in [1.82, 2.24) is 4.98 Å². The van der Waals surface area contributed by atoms with E-state index in [2.05, 4.69) is 17.2 Å². The number of thiazole rings is 1. The number of carbonyl (C=O) groups is 1. The molecule has 1 aromatic heterocycles. The zero-order valence-electron chi connectivity index (χ0n) is 11.0. The van der Waals surface area contributed by atoms with Gasteiger partial charge in [0.1, 0.15) is 0 Å². The third-order valence-electron chi connectivity index (χ3n) is 4.42. The second-order valence-corrected chi connectivity index (χ2v) is 6.53. The minimum absolute atomic E-state index is 0. The number of carbonyl (C=O) groups excluding carboxylic acids is 1. The molecule has 4 unspecified atom stereocenters. The van der Waals surface area contributed by atoms with Crippen LogP contribution in [0.15, 0.2) is 6.20 Å². The van der Waals surface area contributed by atoms with Crippen LogP contribution in [0.25, 0.3) is 0 Å². The Bertz CT molecular complexity index is 462. The van der Waals surface area contributed by atoms with Crippen molar-refractivity contribution in [3.8, 4) is 0 Å². The summed E-state index contributed by atoms with van der Waals surface area (Å²) in [6.45, 7) is 2.09. The molecular formula is C13H20ClN3OS. The van der Waals surface area contributed by atoms with Crippen LogP contribution in [0.3, 0.4) is 0 Å². The van der Waals surface area contributed by atoms with Crippen molar-refractivity contribution in [2.75, 3.05) is 5.32 Å². The number of anilines is 1. The first-order valence-corrected chi connectivity index (χ1v) is 7.52. The van der Waals surface area contributed by atoms with Gasteiger partial charge in [-0.25, -0.2) is 4.98 Å². The Morgan fingerprint density at radius 2 is 2.26 bits per heavy atom. The van der Waals surface area contributed by atoms with Gasteiger partial charge in [0, 0.05) is 17.1 Å². The molecule has 4 atom stereocenters. The molecule has 3 N–H and O–H groups in total. The fraction of sp³-hybridized carbons (Fsp3) is 0.692. The number of nitrogens with one attached hydrogen (secondary N) is 1. The molecule has 2 saturated carbocycles. The van der Waals surface area contributed by atoms with Gasteiger partial charge in [-0.1, -0.05) is 6.92 Å². The molecule has 0 radical (unpaired) electrons. The lowest BCUT2D eigenvalue weighted by Gasteiger charge is -2.26. The topological polar surface area (TPSA) is 68.0 Å². The van der Waals surface area contributed by atoms with Crippen molar-refractivity contribution in [3.63, 3.8) is 0 Å². The molecule has 6 heteroatoms. The number of nitrogens with two attached hydrogens (primary N) is 1. The van der Waals surface area contributed by atoms with Crippen molar-refractivity contribution in [3.05, 3.63) is 11.1 Å². The molecule has 4 nitrogen and oxygen atoms in total. The fourth-order valence-electron chi connectivity index (χ4n) is 3.44. The molecule has 0 aliphatic heterocycles. The molecule has 3 rings (SSSR count). The third kappa shape index (κ3) is 2.64. The zero-order chi connectivity index (χ0) is 12.7. The summed E-state index contributed by atoms with van der Waals surface area (Å²) >= 11 is 1.56. The van der Waals surface area contributed by atoms with E-state index in [4.69, 9.17) is 5.73 Å². The summed E-state index contributed by atoms with van der Waals surface area (Å²) in [5, 5.41) is 3.66. The van der Waals surface area contributed by atoms with Gasteiger partial charge in [0.15, 0.2) is 5.13 Å². The number of amides is 1. The summed E-state index contributed by atoms with van der Waals surface area (Å²) in [5.41, 5.74) is 6.17. The van der Waals surface area contributed by atoms with Crippen LogP contribution in [0, 0.1) is 17.8 Å². The van der Waals surface area contributed by atoms with E-state index in [0.29, 0.717) is 17.0 Å². The van der Waals surface area contributed by atoms with Crippen LogP contribution in [-0.2, 0) is 11.2 Å². The number of halogens is 1. The highest BCUT2D eigenvalue weighted by molar-refractivity contribution is 7.15. The Balaban J connectivity index is 0.00000133. The number of hydrogen-bond donors (Lipinski definition) is 2. The van der Waals surface area contributed by atoms with Crippen LogP contribution < -0.4 is 11.1 Å². The number of nitrogens with zero attached hydrogens (tertiary/aromatic N) is 1. The van der Waals surface area contributed by atoms with E-state index in [9.17, 15) is 4.79 Å². The Hall–Kier alpha value is -0.650. The molecule has 106 valence electrons. The highest BCUT2D eigenvalue weighted by atomic mass is 35.5. The quantitative estimate of drug-likeness (QED) is 0.901. The van der Waals surface area contributed by atoms with Gasteiger partial charge in [0.05, 0.1) is 5.92 Å². The lowest BCUT2D eigenvalue weighted by molar-refractivity contribution is -0.121. The number of aryl methyl sites for hydroxylation is 1. The molecule has 19 heavy (non-hydrogen) atoms. The normalized spacial score (nSPS) is 32.1. The van der Waals surface area contributed by atoms with E-state index < -0.39 is 0 Å². The largest absolute Gasteiger partial charge is 0.327 e. The molecule has 2 fully saturated rings. The standard InChI is InChI=1S/C13H19N3OS.ClH/c1-2-9-6-15-13(18-9)16-12(17)10-7-3-4-8(5-7)11(10)14;/h6-8,10-11H,2-5,14H2,1H3,(H,15,16,17);1H. The van der Waals surface area contributed by atoms with Gasteiger partial charge in [-0.2, -0.15) is 0 Å². The van der Waals surface area contributed by atoms with E-state index in [1.54, 1.807) is 11.3 Å². The minimum Gasteiger partial charge on any atom is -0.327 e. The monoisotopic (exact) mass is 301 g/mol. The van der Waals surface area contributed by atoms with Crippen molar-refractivity contribution >= 4 is 34.8 Å². The lowest BCUT2D eigenvalue weighted by atomic mass is 9.84. The maximum Gasteiger partial charge on any atom is 0.231 e. The molecule has 2 bridgehead atoms. The predicted octanol–water partition coefficient (Wildman–Crippen LogP) is 2.44. The SMILES string of the molecule is CCc1cnc(NC(=O)C2C3CCC(C3)C2N)s1.Cl. The number of fused-ring (bicyclic) bond motifs is 2. The molecule has 1 aromatic rings. The van der Waals surface area contributed by atoms with Gasteiger partial charge in [-0.15, -0.1) is 23.7 Å². The molecule has 1 amide bonds. The summed E-state index contributed by atoms with van der Waals surface area (Å²) in [6.07, 6.45) is 6.29.